The molecule has 0 bridgehead atoms. The molecule has 2 rings (SSSR count). The molecular weight excluding hydrogens is 422 g/mol. The van der Waals surface area contributed by atoms with Crippen molar-refractivity contribution in [1.82, 2.24) is 10.0 Å². The van der Waals surface area contributed by atoms with E-state index >= 15 is 0 Å². The number of thiazole rings is 1. The van der Waals surface area contributed by atoms with Crippen LogP contribution in [0.5, 0.6) is 0 Å². The molecule has 28 heavy (non-hydrogen) atoms. The number of aliphatic carboxylic acids is 1. The minimum atomic E-state index is -4.48. The minimum Gasteiger partial charge on any atom is -0.479 e. The molecule has 1 saturated heterocycles. The van der Waals surface area contributed by atoms with Gasteiger partial charge >= 0.3 is 5.97 Å². The van der Waals surface area contributed by atoms with Crippen LogP contribution in [0.3, 0.4) is 0 Å². The number of nitrogens with zero attached hydrogens (tertiary/aromatic N) is 4. The number of rotatable bonds is 9. The second kappa shape index (κ2) is 8.46. The number of nitrogens with two attached hydrogens (primary N) is 1. The molecule has 1 fully saturated rings. The first-order valence-electron chi connectivity index (χ1n) is 7.33. The molecular formula is C12H15N5O9S2. The van der Waals surface area contributed by atoms with Gasteiger partial charge in [0.15, 0.2) is 5.13 Å². The molecule has 0 saturated carbocycles. The summed E-state index contributed by atoms with van der Waals surface area (Å²) >= 11 is 1.00. The number of carboxylic acids is 1. The summed E-state index contributed by atoms with van der Waals surface area (Å²) in [4.78, 5) is 49.2. The lowest BCUT2D eigenvalue weighted by molar-refractivity contribution is -0.222. The number of aromatic nitrogens is 1. The molecule has 2 atom stereocenters. The first-order valence-corrected chi connectivity index (χ1v) is 9.82. The van der Waals surface area contributed by atoms with E-state index in [4.69, 9.17) is 20.2 Å². The Labute approximate surface area is 161 Å². The predicted octanol–water partition coefficient (Wildman–Crippen LogP) is -1.48. The highest BCUT2D eigenvalue weighted by Crippen LogP contribution is 2.31. The second-order valence-corrected chi connectivity index (χ2v) is 7.62. The zero-order valence-electron chi connectivity index (χ0n) is 14.2. The van der Waals surface area contributed by atoms with Crippen LogP contribution in [-0.2, 0) is 34.2 Å². The molecule has 0 radical (unpaired) electrons. The zero-order valence-corrected chi connectivity index (χ0v) is 15.8. The van der Waals surface area contributed by atoms with Gasteiger partial charge in [-0.3, -0.25) is 23.9 Å². The molecule has 1 aliphatic heterocycles. The third-order valence-corrected chi connectivity index (χ3v) is 4.40. The van der Waals surface area contributed by atoms with Crippen LogP contribution in [0, 0.1) is 0 Å². The number of nitrogen functional groups attached to an aromatic ring is 1. The average molecular weight is 437 g/mol. The van der Waals surface area contributed by atoms with E-state index in [1.807, 2.05) is 0 Å². The molecule has 154 valence electrons. The van der Waals surface area contributed by atoms with E-state index in [0.29, 0.717) is 11.3 Å². The van der Waals surface area contributed by atoms with Crippen molar-refractivity contribution in [3.05, 3.63) is 5.38 Å². The maximum absolute atomic E-state index is 12.5. The number of hydrogen-bond acceptors (Lipinski definition) is 11. The lowest BCUT2D eigenvalue weighted by atomic mass is 9.98. The Balaban J connectivity index is 2.18. The number of amides is 2. The van der Waals surface area contributed by atoms with Gasteiger partial charge in [-0.15, -0.1) is 11.3 Å². The van der Waals surface area contributed by atoms with Crippen molar-refractivity contribution in [3.63, 3.8) is 0 Å². The number of anilines is 2. The van der Waals surface area contributed by atoms with Crippen LogP contribution in [0.1, 0.15) is 6.92 Å². The molecule has 4 N–H and O–H groups in total. The Bertz CT molecular complexity index is 899. The first-order chi connectivity index (χ1) is 13.0. The predicted molar refractivity (Wildman–Crippen MR) is 93.7 cm³/mol. The molecule has 1 aromatic heterocycles. The van der Waals surface area contributed by atoms with Gasteiger partial charge in [-0.05, 0) is 6.92 Å². The van der Waals surface area contributed by atoms with E-state index in [1.54, 1.807) is 0 Å². The second-order valence-electron chi connectivity index (χ2n) is 5.33. The number of carboxylic acid groups (broad SMARTS) is 1. The van der Waals surface area contributed by atoms with E-state index in [9.17, 15) is 22.8 Å². The molecule has 0 aromatic carbocycles. The summed E-state index contributed by atoms with van der Waals surface area (Å²) in [5, 5.41) is 13.9. The smallest absolute Gasteiger partial charge is 0.344 e. The van der Waals surface area contributed by atoms with Crippen LogP contribution >= 0.6 is 11.3 Å². The average Bonchev–Trinajstić information content (AvgIpc) is 3.01. The summed E-state index contributed by atoms with van der Waals surface area (Å²) < 4.78 is 30.2. The lowest BCUT2D eigenvalue weighted by Gasteiger charge is -2.47. The quantitative estimate of drug-likeness (QED) is 0.176. The van der Waals surface area contributed by atoms with Gasteiger partial charge in [0.05, 0.1) is 6.04 Å². The topological polar surface area (TPSA) is 202 Å². The van der Waals surface area contributed by atoms with Gasteiger partial charge in [-0.25, -0.2) is 14.8 Å². The number of β-lactam (4-membered cyclic amide) rings is 1. The van der Waals surface area contributed by atoms with E-state index < -0.39 is 52.5 Å². The van der Waals surface area contributed by atoms with Gasteiger partial charge in [0.2, 0.25) is 12.5 Å². The summed E-state index contributed by atoms with van der Waals surface area (Å²) in [5.74, 6) is -4.07. The molecule has 0 spiro atoms. The fourth-order valence-electron chi connectivity index (χ4n) is 2.23. The van der Waals surface area contributed by atoms with Gasteiger partial charge < -0.3 is 15.7 Å². The number of hydroxylamine groups is 2. The highest BCUT2D eigenvalue weighted by atomic mass is 32.2. The summed E-state index contributed by atoms with van der Waals surface area (Å²) in [6.45, 7) is 0.688. The SMILES string of the molecule is C[C@H]1[C@H](N(C(=O)C=NOCC(=O)O)c2csc(N)n2)C(=O)N1OCS(=O)(=O)O. The van der Waals surface area contributed by atoms with Crippen molar-refractivity contribution in [1.29, 1.82) is 0 Å². The van der Waals surface area contributed by atoms with Gasteiger partial charge in [-0.1, -0.05) is 5.16 Å². The van der Waals surface area contributed by atoms with Crippen molar-refractivity contribution in [2.75, 3.05) is 23.2 Å². The Morgan fingerprint density at radius 3 is 2.71 bits per heavy atom. The highest BCUT2D eigenvalue weighted by Gasteiger charge is 2.52. The molecule has 1 aliphatic rings. The maximum atomic E-state index is 12.5. The Morgan fingerprint density at radius 1 is 1.54 bits per heavy atom. The standard InChI is InChI=1S/C12H15N5O9S2/c1-6-10(11(21)17(6)26-5-28(22,23)24)16(7-4-27-12(13)15-7)8(18)2-14-25-3-9(19)20/h2,4,6,10H,3,5H2,1H3,(H2,13,15)(H,19,20)(H,22,23,24)/t6-,10-/m0/s1. The van der Waals surface area contributed by atoms with Crippen LogP contribution in [-0.4, -0.2) is 76.8 Å². The largest absolute Gasteiger partial charge is 0.479 e. The lowest BCUT2D eigenvalue weighted by Crippen LogP contribution is -2.70. The Hall–Kier alpha value is -2.82. The Morgan fingerprint density at radius 2 is 2.21 bits per heavy atom. The summed E-state index contributed by atoms with van der Waals surface area (Å²) in [6, 6.07) is -1.95. The van der Waals surface area contributed by atoms with Crippen molar-refractivity contribution < 1.29 is 42.1 Å². The summed E-state index contributed by atoms with van der Waals surface area (Å²) in [6.07, 6.45) is 0.653. The van der Waals surface area contributed by atoms with Crippen molar-refractivity contribution in [2.45, 2.75) is 19.0 Å². The molecule has 0 unspecified atom stereocenters. The summed E-state index contributed by atoms with van der Waals surface area (Å²) in [5.41, 5.74) is 5.55. The van der Waals surface area contributed by atoms with Crippen molar-refractivity contribution >= 4 is 56.4 Å². The molecule has 0 aliphatic carbocycles. The van der Waals surface area contributed by atoms with E-state index in [-0.39, 0.29) is 10.9 Å². The molecule has 2 heterocycles. The van der Waals surface area contributed by atoms with E-state index in [1.165, 1.54) is 12.3 Å². The molecule has 16 heteroatoms. The van der Waals surface area contributed by atoms with E-state index in [0.717, 1.165) is 16.2 Å². The number of oxime groups is 1. The van der Waals surface area contributed by atoms with Gasteiger partial charge in [0.1, 0.15) is 18.1 Å². The van der Waals surface area contributed by atoms with Crippen LogP contribution in [0.25, 0.3) is 0 Å². The number of carbonyl (C=O) groups is 3. The fourth-order valence-corrected chi connectivity index (χ4v) is 3.02. The van der Waals surface area contributed by atoms with Crippen LogP contribution in [0.4, 0.5) is 10.9 Å². The van der Waals surface area contributed by atoms with Crippen molar-refractivity contribution in [3.8, 4) is 0 Å². The van der Waals surface area contributed by atoms with Crippen LogP contribution in [0.2, 0.25) is 0 Å². The Kier molecular flexibility index (Phi) is 6.49. The molecule has 2 amide bonds. The maximum Gasteiger partial charge on any atom is 0.344 e. The normalized spacial score (nSPS) is 19.5. The number of hydrogen-bond donors (Lipinski definition) is 3. The van der Waals surface area contributed by atoms with Gasteiger partial charge in [0.25, 0.3) is 21.9 Å². The zero-order chi connectivity index (χ0) is 21.1. The first kappa shape index (κ1) is 21.5. The minimum absolute atomic E-state index is 0.0248. The monoisotopic (exact) mass is 437 g/mol. The highest BCUT2D eigenvalue weighted by molar-refractivity contribution is 7.85. The number of carbonyl (C=O) groups excluding carboxylic acids is 2. The van der Waals surface area contributed by atoms with Crippen LogP contribution < -0.4 is 10.6 Å². The third-order valence-electron chi connectivity index (χ3n) is 3.34. The molecule has 14 nitrogen and oxygen atoms in total. The molecule has 1 aromatic rings. The van der Waals surface area contributed by atoms with Gasteiger partial charge in [-0.2, -0.15) is 8.42 Å². The fraction of sp³-hybridized carbons (Fsp3) is 0.417. The van der Waals surface area contributed by atoms with Crippen LogP contribution in [0.15, 0.2) is 10.5 Å². The third kappa shape index (κ3) is 5.12. The summed E-state index contributed by atoms with van der Waals surface area (Å²) in [7, 11) is -4.48. The van der Waals surface area contributed by atoms with Crippen molar-refractivity contribution in [2.24, 2.45) is 5.16 Å². The van der Waals surface area contributed by atoms with Gasteiger partial charge in [0, 0.05) is 5.38 Å². The van der Waals surface area contributed by atoms with E-state index in [2.05, 4.69) is 15.0 Å².